The number of nitrogens with zero attached hydrogens (tertiary/aromatic N) is 2. The van der Waals surface area contributed by atoms with Crippen molar-refractivity contribution in [3.63, 3.8) is 0 Å². The lowest BCUT2D eigenvalue weighted by Gasteiger charge is -2.16. The fourth-order valence-electron chi connectivity index (χ4n) is 1.14. The molecule has 0 aliphatic rings. The third-order valence-electron chi connectivity index (χ3n) is 1.93. The average molecular weight is 226 g/mol. The van der Waals surface area contributed by atoms with Crippen molar-refractivity contribution in [1.29, 1.82) is 0 Å². The molecule has 90 valence electrons. The maximum atomic E-state index is 11.6. The molecule has 1 aromatic heterocycles. The molecule has 0 saturated carbocycles. The Bertz CT molecular complexity index is 354. The standard InChI is InChI=1S/C10H18N4O2/c1-10(2,16)6-12-9(15)8-5-14(4-3-11)7-13-8/h5,7,16H,3-4,6,11H2,1-2H3,(H,12,15). The summed E-state index contributed by atoms with van der Waals surface area (Å²) >= 11 is 0. The minimum absolute atomic E-state index is 0.190. The van der Waals surface area contributed by atoms with Crippen molar-refractivity contribution in [3.05, 3.63) is 18.2 Å². The van der Waals surface area contributed by atoms with Gasteiger partial charge in [-0.05, 0) is 13.8 Å². The summed E-state index contributed by atoms with van der Waals surface area (Å²) in [7, 11) is 0. The van der Waals surface area contributed by atoms with Crippen LogP contribution in [0.25, 0.3) is 0 Å². The number of hydrogen-bond donors (Lipinski definition) is 3. The van der Waals surface area contributed by atoms with Crippen molar-refractivity contribution < 1.29 is 9.90 Å². The zero-order chi connectivity index (χ0) is 12.2. The monoisotopic (exact) mass is 226 g/mol. The normalized spacial score (nSPS) is 11.5. The van der Waals surface area contributed by atoms with E-state index in [4.69, 9.17) is 5.73 Å². The quantitative estimate of drug-likeness (QED) is 0.621. The van der Waals surface area contributed by atoms with Crippen LogP contribution in [0.4, 0.5) is 0 Å². The predicted octanol–water partition coefficient (Wildman–Crippen LogP) is -0.657. The molecule has 0 aromatic carbocycles. The molecular formula is C10H18N4O2. The molecule has 0 aliphatic heterocycles. The minimum atomic E-state index is -0.921. The highest BCUT2D eigenvalue weighted by Crippen LogP contribution is 2.00. The molecule has 16 heavy (non-hydrogen) atoms. The van der Waals surface area contributed by atoms with Gasteiger partial charge in [-0.15, -0.1) is 0 Å². The number of rotatable bonds is 5. The van der Waals surface area contributed by atoms with Gasteiger partial charge in [-0.3, -0.25) is 4.79 Å². The first kappa shape index (κ1) is 12.7. The molecular weight excluding hydrogens is 208 g/mol. The lowest BCUT2D eigenvalue weighted by atomic mass is 10.1. The molecule has 0 bridgehead atoms. The Hall–Kier alpha value is -1.40. The Balaban J connectivity index is 2.53. The summed E-state index contributed by atoms with van der Waals surface area (Å²) in [6, 6.07) is 0. The Morgan fingerprint density at radius 3 is 2.94 bits per heavy atom. The fourth-order valence-corrected chi connectivity index (χ4v) is 1.14. The Morgan fingerprint density at radius 2 is 2.38 bits per heavy atom. The second-order valence-corrected chi connectivity index (χ2v) is 4.28. The molecule has 1 heterocycles. The Morgan fingerprint density at radius 1 is 1.69 bits per heavy atom. The molecule has 0 atom stereocenters. The topological polar surface area (TPSA) is 93.2 Å². The number of carbonyl (C=O) groups is 1. The number of nitrogens with two attached hydrogens (primary N) is 1. The van der Waals surface area contributed by atoms with E-state index in [1.54, 1.807) is 30.9 Å². The van der Waals surface area contributed by atoms with Gasteiger partial charge in [-0.2, -0.15) is 0 Å². The number of hydrogen-bond acceptors (Lipinski definition) is 4. The van der Waals surface area contributed by atoms with E-state index < -0.39 is 5.60 Å². The van der Waals surface area contributed by atoms with Crippen molar-refractivity contribution >= 4 is 5.91 Å². The summed E-state index contributed by atoms with van der Waals surface area (Å²) < 4.78 is 1.75. The Labute approximate surface area is 94.5 Å². The maximum Gasteiger partial charge on any atom is 0.271 e. The van der Waals surface area contributed by atoms with E-state index in [1.807, 2.05) is 0 Å². The number of aromatic nitrogens is 2. The van der Waals surface area contributed by atoms with E-state index in [0.717, 1.165) is 0 Å². The van der Waals surface area contributed by atoms with Crippen LogP contribution in [0.15, 0.2) is 12.5 Å². The van der Waals surface area contributed by atoms with Gasteiger partial charge in [0.05, 0.1) is 11.9 Å². The first-order valence-corrected chi connectivity index (χ1v) is 5.15. The first-order chi connectivity index (χ1) is 7.42. The van der Waals surface area contributed by atoms with Crippen molar-refractivity contribution in [2.24, 2.45) is 5.73 Å². The SMILES string of the molecule is CC(C)(O)CNC(=O)c1cn(CCN)cn1. The number of imidazole rings is 1. The largest absolute Gasteiger partial charge is 0.389 e. The van der Waals surface area contributed by atoms with Crippen molar-refractivity contribution in [1.82, 2.24) is 14.9 Å². The van der Waals surface area contributed by atoms with Gasteiger partial charge in [-0.25, -0.2) is 4.98 Å². The minimum Gasteiger partial charge on any atom is -0.389 e. The zero-order valence-corrected chi connectivity index (χ0v) is 9.60. The van der Waals surface area contributed by atoms with E-state index in [0.29, 0.717) is 18.8 Å². The molecule has 0 fully saturated rings. The predicted molar refractivity (Wildman–Crippen MR) is 59.9 cm³/mol. The smallest absolute Gasteiger partial charge is 0.271 e. The van der Waals surface area contributed by atoms with E-state index >= 15 is 0 Å². The van der Waals surface area contributed by atoms with E-state index in [1.165, 1.54) is 0 Å². The molecule has 0 aliphatic carbocycles. The molecule has 4 N–H and O–H groups in total. The van der Waals surface area contributed by atoms with Crippen molar-refractivity contribution in [2.75, 3.05) is 13.1 Å². The molecule has 0 saturated heterocycles. The van der Waals surface area contributed by atoms with Crippen LogP contribution in [-0.2, 0) is 6.54 Å². The van der Waals surface area contributed by atoms with Gasteiger partial charge in [-0.1, -0.05) is 0 Å². The lowest BCUT2D eigenvalue weighted by molar-refractivity contribution is 0.0692. The van der Waals surface area contributed by atoms with E-state index in [9.17, 15) is 9.90 Å². The van der Waals surface area contributed by atoms with Crippen LogP contribution in [-0.4, -0.2) is 39.3 Å². The van der Waals surface area contributed by atoms with Gasteiger partial charge in [0.2, 0.25) is 0 Å². The second-order valence-electron chi connectivity index (χ2n) is 4.28. The molecule has 6 nitrogen and oxygen atoms in total. The molecule has 0 radical (unpaired) electrons. The van der Waals surface area contributed by atoms with E-state index in [-0.39, 0.29) is 12.5 Å². The third-order valence-corrected chi connectivity index (χ3v) is 1.93. The van der Waals surface area contributed by atoms with Crippen molar-refractivity contribution in [3.8, 4) is 0 Å². The molecule has 1 amide bonds. The summed E-state index contributed by atoms with van der Waals surface area (Å²) in [5.74, 6) is -0.294. The molecule has 0 spiro atoms. The highest BCUT2D eigenvalue weighted by atomic mass is 16.3. The average Bonchev–Trinajstić information content (AvgIpc) is 2.62. The van der Waals surface area contributed by atoms with Crippen LogP contribution in [0.1, 0.15) is 24.3 Å². The van der Waals surface area contributed by atoms with Gasteiger partial charge in [0.25, 0.3) is 5.91 Å². The molecule has 1 rings (SSSR count). The molecule has 6 heteroatoms. The van der Waals surface area contributed by atoms with Crippen molar-refractivity contribution in [2.45, 2.75) is 26.0 Å². The Kier molecular flexibility index (Phi) is 4.03. The summed E-state index contributed by atoms with van der Waals surface area (Å²) in [5.41, 5.74) is 4.79. The third kappa shape index (κ3) is 4.00. The van der Waals surface area contributed by atoms with E-state index in [2.05, 4.69) is 10.3 Å². The van der Waals surface area contributed by atoms with Crippen LogP contribution in [0, 0.1) is 0 Å². The second kappa shape index (κ2) is 5.09. The highest BCUT2D eigenvalue weighted by Gasteiger charge is 2.15. The van der Waals surface area contributed by atoms with Crippen LogP contribution in [0.2, 0.25) is 0 Å². The molecule has 0 unspecified atom stereocenters. The summed E-state index contributed by atoms with van der Waals surface area (Å²) in [6.45, 7) is 4.57. The van der Waals surface area contributed by atoms with Gasteiger partial charge in [0.15, 0.2) is 0 Å². The number of nitrogens with one attached hydrogen (secondary N) is 1. The van der Waals surface area contributed by atoms with Crippen LogP contribution >= 0.6 is 0 Å². The maximum absolute atomic E-state index is 11.6. The summed E-state index contributed by atoms with van der Waals surface area (Å²) in [6.07, 6.45) is 3.19. The summed E-state index contributed by atoms with van der Waals surface area (Å²) in [5, 5.41) is 12.0. The van der Waals surface area contributed by atoms with Gasteiger partial charge < -0.3 is 20.7 Å². The van der Waals surface area contributed by atoms with Crippen LogP contribution in [0.5, 0.6) is 0 Å². The highest BCUT2D eigenvalue weighted by molar-refractivity contribution is 5.92. The number of carbonyl (C=O) groups excluding carboxylic acids is 1. The number of amides is 1. The zero-order valence-electron chi connectivity index (χ0n) is 9.60. The van der Waals surface area contributed by atoms with Crippen LogP contribution < -0.4 is 11.1 Å². The summed E-state index contributed by atoms with van der Waals surface area (Å²) in [4.78, 5) is 15.5. The van der Waals surface area contributed by atoms with Gasteiger partial charge >= 0.3 is 0 Å². The lowest BCUT2D eigenvalue weighted by Crippen LogP contribution is -2.38. The number of aliphatic hydroxyl groups is 1. The van der Waals surface area contributed by atoms with Crippen LogP contribution in [0.3, 0.4) is 0 Å². The first-order valence-electron chi connectivity index (χ1n) is 5.15. The van der Waals surface area contributed by atoms with Gasteiger partial charge in [0.1, 0.15) is 5.69 Å². The van der Waals surface area contributed by atoms with Gasteiger partial charge in [0, 0.05) is 25.8 Å². The molecule has 1 aromatic rings. The fraction of sp³-hybridized carbons (Fsp3) is 0.600.